The van der Waals surface area contributed by atoms with Gasteiger partial charge in [-0.15, -0.1) is 0 Å². The highest BCUT2D eigenvalue weighted by atomic mass is 32.2. The maximum absolute atomic E-state index is 13.8. The van der Waals surface area contributed by atoms with E-state index in [0.29, 0.717) is 31.4 Å². The predicted molar refractivity (Wildman–Crippen MR) is 91.5 cm³/mol. The van der Waals surface area contributed by atoms with Gasteiger partial charge in [-0.3, -0.25) is 4.79 Å². The predicted octanol–water partition coefficient (Wildman–Crippen LogP) is 1.22. The minimum Gasteiger partial charge on any atom is -0.352 e. The second-order valence-electron chi connectivity index (χ2n) is 6.94. The summed E-state index contributed by atoms with van der Waals surface area (Å²) in [4.78, 5) is 11.7. The summed E-state index contributed by atoms with van der Waals surface area (Å²) in [7, 11) is -4.13. The van der Waals surface area contributed by atoms with E-state index in [4.69, 9.17) is 5.73 Å². The van der Waals surface area contributed by atoms with Crippen LogP contribution in [0, 0.1) is 23.5 Å². The van der Waals surface area contributed by atoms with Crippen LogP contribution in [0.25, 0.3) is 0 Å². The van der Waals surface area contributed by atoms with Gasteiger partial charge in [-0.25, -0.2) is 17.2 Å². The van der Waals surface area contributed by atoms with E-state index < -0.39 is 26.6 Å². The van der Waals surface area contributed by atoms with Crippen molar-refractivity contribution >= 4 is 15.9 Å². The molecular weight excluding hydrogens is 364 g/mol. The van der Waals surface area contributed by atoms with Crippen molar-refractivity contribution < 1.29 is 22.0 Å². The number of benzene rings is 1. The van der Waals surface area contributed by atoms with Crippen molar-refractivity contribution in [2.75, 3.05) is 19.6 Å². The Labute approximate surface area is 151 Å². The van der Waals surface area contributed by atoms with Gasteiger partial charge in [0.2, 0.25) is 15.9 Å². The molecule has 3 N–H and O–H groups in total. The molecule has 1 aliphatic heterocycles. The lowest BCUT2D eigenvalue weighted by Crippen LogP contribution is -2.48. The van der Waals surface area contributed by atoms with E-state index in [1.165, 1.54) is 0 Å². The Bertz CT molecular complexity index is 775. The molecule has 0 bridgehead atoms. The third kappa shape index (κ3) is 4.05. The van der Waals surface area contributed by atoms with Crippen LogP contribution in [0.5, 0.6) is 0 Å². The normalized spacial score (nSPS) is 20.7. The van der Waals surface area contributed by atoms with Gasteiger partial charge in [0.05, 0.1) is 0 Å². The number of nitrogens with zero attached hydrogens (tertiary/aromatic N) is 1. The molecule has 1 atom stereocenters. The van der Waals surface area contributed by atoms with Gasteiger partial charge in [0.1, 0.15) is 16.5 Å². The molecule has 1 amide bonds. The molecule has 1 heterocycles. The van der Waals surface area contributed by atoms with Gasteiger partial charge in [0.15, 0.2) is 0 Å². The minimum absolute atomic E-state index is 0.0225. The first kappa shape index (κ1) is 19.2. The Morgan fingerprint density at radius 2 is 1.88 bits per heavy atom. The first-order chi connectivity index (χ1) is 12.3. The Morgan fingerprint density at radius 3 is 2.46 bits per heavy atom. The first-order valence-electron chi connectivity index (χ1n) is 8.78. The number of nitrogens with two attached hydrogens (primary N) is 1. The smallest absolute Gasteiger partial charge is 0.246 e. The molecule has 144 valence electrons. The third-order valence-corrected chi connectivity index (χ3v) is 7.02. The number of hydrogen-bond acceptors (Lipinski definition) is 4. The lowest BCUT2D eigenvalue weighted by molar-refractivity contribution is -0.126. The molecule has 1 aromatic rings. The van der Waals surface area contributed by atoms with E-state index in [9.17, 15) is 22.0 Å². The van der Waals surface area contributed by atoms with Gasteiger partial charge in [0.25, 0.3) is 0 Å². The zero-order chi connectivity index (χ0) is 18.9. The second kappa shape index (κ2) is 7.58. The molecule has 1 saturated carbocycles. The molecule has 3 rings (SSSR count). The Morgan fingerprint density at radius 1 is 1.23 bits per heavy atom. The highest BCUT2D eigenvalue weighted by Gasteiger charge is 2.36. The standard InChI is InChI=1S/C17H23F2N3O3S/c18-13-3-4-14(19)16(9-13)26(24,25)22-7-5-12(6-8-22)17(23)21-15(10-20)11-1-2-11/h3-4,9,11-12,15H,1-2,5-8,10,20H2,(H,21,23). The monoisotopic (exact) mass is 387 g/mol. The van der Waals surface area contributed by atoms with E-state index >= 15 is 0 Å². The van der Waals surface area contributed by atoms with Gasteiger partial charge in [-0.2, -0.15) is 4.31 Å². The average Bonchev–Trinajstić information content (AvgIpc) is 3.46. The summed E-state index contributed by atoms with van der Waals surface area (Å²) in [6.45, 7) is 0.572. The number of sulfonamides is 1. The molecule has 0 radical (unpaired) electrons. The number of carbonyl (C=O) groups is 1. The molecule has 1 aromatic carbocycles. The van der Waals surface area contributed by atoms with Crippen LogP contribution in [-0.4, -0.2) is 44.3 Å². The molecule has 1 aliphatic carbocycles. The van der Waals surface area contributed by atoms with Crippen LogP contribution in [0.15, 0.2) is 23.1 Å². The molecular formula is C17H23F2N3O3S. The molecule has 6 nitrogen and oxygen atoms in total. The molecule has 26 heavy (non-hydrogen) atoms. The summed E-state index contributed by atoms with van der Waals surface area (Å²) in [6, 6.07) is 2.34. The fourth-order valence-electron chi connectivity index (χ4n) is 3.34. The summed E-state index contributed by atoms with van der Waals surface area (Å²) >= 11 is 0. The summed E-state index contributed by atoms with van der Waals surface area (Å²) in [5.74, 6) is -1.76. The molecule has 9 heteroatoms. The van der Waals surface area contributed by atoms with Crippen LogP contribution in [0.1, 0.15) is 25.7 Å². The number of halogens is 2. The van der Waals surface area contributed by atoms with Gasteiger partial charge in [-0.05, 0) is 49.8 Å². The summed E-state index contributed by atoms with van der Waals surface area (Å²) < 4.78 is 53.4. The Hall–Kier alpha value is -1.58. The number of amides is 1. The Balaban J connectivity index is 1.62. The SMILES string of the molecule is NCC(NC(=O)C1CCN(S(=O)(=O)c2cc(F)ccc2F)CC1)C1CC1. The zero-order valence-electron chi connectivity index (χ0n) is 14.3. The van der Waals surface area contributed by atoms with Crippen LogP contribution in [0.3, 0.4) is 0 Å². The van der Waals surface area contributed by atoms with Gasteiger partial charge in [-0.1, -0.05) is 0 Å². The van der Waals surface area contributed by atoms with E-state index in [1.54, 1.807) is 0 Å². The molecule has 0 spiro atoms. The molecule has 2 fully saturated rings. The quantitative estimate of drug-likeness (QED) is 0.768. The number of carbonyl (C=O) groups excluding carboxylic acids is 1. The van der Waals surface area contributed by atoms with E-state index in [0.717, 1.165) is 29.3 Å². The topological polar surface area (TPSA) is 92.5 Å². The summed E-state index contributed by atoms with van der Waals surface area (Å²) in [5.41, 5.74) is 5.69. The molecule has 0 aromatic heterocycles. The lowest BCUT2D eigenvalue weighted by atomic mass is 9.96. The maximum atomic E-state index is 13.8. The molecule has 1 saturated heterocycles. The van der Waals surface area contributed by atoms with Crippen LogP contribution in [-0.2, 0) is 14.8 Å². The fourth-order valence-corrected chi connectivity index (χ4v) is 4.89. The lowest BCUT2D eigenvalue weighted by Gasteiger charge is -2.31. The van der Waals surface area contributed by atoms with E-state index in [2.05, 4.69) is 5.32 Å². The molecule has 1 unspecified atom stereocenters. The van der Waals surface area contributed by atoms with Crippen molar-refractivity contribution in [1.82, 2.24) is 9.62 Å². The second-order valence-corrected chi connectivity index (χ2v) is 8.85. The largest absolute Gasteiger partial charge is 0.352 e. The first-order valence-corrected chi connectivity index (χ1v) is 10.2. The van der Waals surface area contributed by atoms with Gasteiger partial charge >= 0.3 is 0 Å². The van der Waals surface area contributed by atoms with Crippen molar-refractivity contribution in [2.24, 2.45) is 17.6 Å². The van der Waals surface area contributed by atoms with Crippen LogP contribution < -0.4 is 11.1 Å². The maximum Gasteiger partial charge on any atom is 0.246 e. The van der Waals surface area contributed by atoms with Crippen LogP contribution in [0.2, 0.25) is 0 Å². The number of nitrogens with one attached hydrogen (secondary N) is 1. The van der Waals surface area contributed by atoms with E-state index in [-0.39, 0.29) is 31.0 Å². The van der Waals surface area contributed by atoms with Crippen LogP contribution in [0.4, 0.5) is 8.78 Å². The summed E-state index contributed by atoms with van der Waals surface area (Å²) in [6.07, 6.45) is 2.81. The number of rotatable bonds is 6. The number of hydrogen-bond donors (Lipinski definition) is 2. The third-order valence-electron chi connectivity index (χ3n) is 5.11. The van der Waals surface area contributed by atoms with Crippen molar-refractivity contribution in [3.05, 3.63) is 29.8 Å². The van der Waals surface area contributed by atoms with Gasteiger partial charge < -0.3 is 11.1 Å². The Kier molecular flexibility index (Phi) is 5.59. The number of piperidine rings is 1. The van der Waals surface area contributed by atoms with Gasteiger partial charge in [0, 0.05) is 31.6 Å². The minimum atomic E-state index is -4.13. The average molecular weight is 387 g/mol. The summed E-state index contributed by atoms with van der Waals surface area (Å²) in [5, 5.41) is 2.96. The van der Waals surface area contributed by atoms with Crippen molar-refractivity contribution in [3.8, 4) is 0 Å². The zero-order valence-corrected chi connectivity index (χ0v) is 15.1. The van der Waals surface area contributed by atoms with Crippen molar-refractivity contribution in [2.45, 2.75) is 36.6 Å². The fraction of sp³-hybridized carbons (Fsp3) is 0.588. The van der Waals surface area contributed by atoms with Crippen molar-refractivity contribution in [1.29, 1.82) is 0 Å². The van der Waals surface area contributed by atoms with Crippen LogP contribution >= 0.6 is 0 Å². The highest BCUT2D eigenvalue weighted by Crippen LogP contribution is 2.33. The molecule has 2 aliphatic rings. The van der Waals surface area contributed by atoms with Crippen molar-refractivity contribution in [3.63, 3.8) is 0 Å². The van der Waals surface area contributed by atoms with E-state index in [1.807, 2.05) is 0 Å². The highest BCUT2D eigenvalue weighted by molar-refractivity contribution is 7.89.